The largest absolute Gasteiger partial charge is 0.450 e. The van der Waals surface area contributed by atoms with E-state index in [0.717, 1.165) is 18.7 Å². The van der Waals surface area contributed by atoms with Crippen LogP contribution in [0.15, 0.2) is 24.3 Å². The zero-order valence-electron chi connectivity index (χ0n) is 11.0. The number of aryl methyl sites for hydroxylation is 1. The van der Waals surface area contributed by atoms with Crippen LogP contribution in [0.5, 0.6) is 0 Å². The third-order valence-electron chi connectivity index (χ3n) is 3.21. The predicted octanol–water partition coefficient (Wildman–Crippen LogP) is 2.10. The van der Waals surface area contributed by atoms with E-state index in [2.05, 4.69) is 36.5 Å². The Kier molecular flexibility index (Phi) is 4.20. The molecule has 0 aromatic heterocycles. The van der Waals surface area contributed by atoms with Gasteiger partial charge in [-0.1, -0.05) is 29.8 Å². The summed E-state index contributed by atoms with van der Waals surface area (Å²) in [5, 5.41) is 3.33. The second-order valence-corrected chi connectivity index (χ2v) is 4.52. The molecule has 1 aliphatic heterocycles. The molecule has 1 aromatic carbocycles. The Morgan fingerprint density at radius 1 is 1.44 bits per heavy atom. The molecule has 0 spiro atoms. The molecule has 98 valence electrons. The van der Waals surface area contributed by atoms with Crippen molar-refractivity contribution in [1.82, 2.24) is 10.2 Å². The van der Waals surface area contributed by atoms with Gasteiger partial charge in [0.25, 0.3) is 0 Å². The van der Waals surface area contributed by atoms with Crippen LogP contribution in [0.4, 0.5) is 4.79 Å². The Balaban J connectivity index is 2.17. The summed E-state index contributed by atoms with van der Waals surface area (Å²) in [4.78, 5) is 13.7. The highest BCUT2D eigenvalue weighted by Crippen LogP contribution is 2.23. The Hall–Kier alpha value is -1.55. The van der Waals surface area contributed by atoms with Gasteiger partial charge in [0.2, 0.25) is 0 Å². The minimum atomic E-state index is -0.218. The van der Waals surface area contributed by atoms with E-state index in [0.29, 0.717) is 13.2 Å². The molecule has 0 saturated carbocycles. The van der Waals surface area contributed by atoms with Crippen LogP contribution in [0, 0.1) is 6.92 Å². The lowest BCUT2D eigenvalue weighted by molar-refractivity contribution is 0.0811. The van der Waals surface area contributed by atoms with Gasteiger partial charge in [-0.15, -0.1) is 0 Å². The van der Waals surface area contributed by atoms with E-state index in [-0.39, 0.29) is 12.1 Å². The third-order valence-corrected chi connectivity index (χ3v) is 3.21. The SMILES string of the molecule is CCOC(=O)N1CCNCC1c1ccc(C)cc1. The second kappa shape index (κ2) is 5.87. The van der Waals surface area contributed by atoms with Crippen LogP contribution in [0.2, 0.25) is 0 Å². The van der Waals surface area contributed by atoms with Crippen molar-refractivity contribution in [3.8, 4) is 0 Å². The van der Waals surface area contributed by atoms with Crippen molar-refractivity contribution in [1.29, 1.82) is 0 Å². The van der Waals surface area contributed by atoms with Gasteiger partial charge in [-0.2, -0.15) is 0 Å². The summed E-state index contributed by atoms with van der Waals surface area (Å²) in [6.45, 7) is 6.61. The molecule has 1 unspecified atom stereocenters. The first-order valence-electron chi connectivity index (χ1n) is 6.43. The molecule has 2 rings (SSSR count). The molecule has 1 aromatic rings. The highest BCUT2D eigenvalue weighted by molar-refractivity contribution is 5.68. The summed E-state index contributed by atoms with van der Waals surface area (Å²) in [6.07, 6.45) is -0.218. The Bertz CT molecular complexity index is 403. The van der Waals surface area contributed by atoms with Gasteiger partial charge in [-0.05, 0) is 19.4 Å². The fourth-order valence-electron chi connectivity index (χ4n) is 2.22. The van der Waals surface area contributed by atoms with Crippen LogP contribution in [0.1, 0.15) is 24.1 Å². The topological polar surface area (TPSA) is 41.6 Å². The first-order chi connectivity index (χ1) is 8.72. The van der Waals surface area contributed by atoms with Crippen molar-refractivity contribution in [2.24, 2.45) is 0 Å². The first-order valence-corrected chi connectivity index (χ1v) is 6.43. The quantitative estimate of drug-likeness (QED) is 0.871. The van der Waals surface area contributed by atoms with Crippen LogP contribution in [0.25, 0.3) is 0 Å². The lowest BCUT2D eigenvalue weighted by atomic mass is 10.0. The molecule has 0 radical (unpaired) electrons. The second-order valence-electron chi connectivity index (χ2n) is 4.52. The molecule has 1 saturated heterocycles. The number of hydrogen-bond acceptors (Lipinski definition) is 3. The molecule has 1 aliphatic rings. The van der Waals surface area contributed by atoms with Crippen molar-refractivity contribution < 1.29 is 9.53 Å². The average molecular weight is 248 g/mol. The van der Waals surface area contributed by atoms with Crippen LogP contribution in [0.3, 0.4) is 0 Å². The maximum absolute atomic E-state index is 11.9. The van der Waals surface area contributed by atoms with Gasteiger partial charge in [0.05, 0.1) is 12.6 Å². The van der Waals surface area contributed by atoms with Crippen molar-refractivity contribution >= 4 is 6.09 Å². The smallest absolute Gasteiger partial charge is 0.410 e. The first kappa shape index (κ1) is 12.9. The molecule has 18 heavy (non-hydrogen) atoms. The maximum atomic E-state index is 11.9. The molecule has 1 amide bonds. The summed E-state index contributed by atoms with van der Waals surface area (Å²) in [6, 6.07) is 8.39. The molecule has 4 heteroatoms. The van der Waals surface area contributed by atoms with E-state index in [4.69, 9.17) is 4.74 Å². The van der Waals surface area contributed by atoms with E-state index >= 15 is 0 Å². The van der Waals surface area contributed by atoms with Crippen LogP contribution >= 0.6 is 0 Å². The highest BCUT2D eigenvalue weighted by Gasteiger charge is 2.28. The number of hydrogen-bond donors (Lipinski definition) is 1. The summed E-state index contributed by atoms with van der Waals surface area (Å²) in [5.41, 5.74) is 2.38. The number of carbonyl (C=O) groups excluding carboxylic acids is 1. The van der Waals surface area contributed by atoms with Gasteiger partial charge in [-0.25, -0.2) is 4.79 Å². The fourth-order valence-corrected chi connectivity index (χ4v) is 2.22. The summed E-state index contributed by atoms with van der Waals surface area (Å²) in [7, 11) is 0. The van der Waals surface area contributed by atoms with Crippen LogP contribution in [-0.2, 0) is 4.74 Å². The number of ether oxygens (including phenoxy) is 1. The lowest BCUT2D eigenvalue weighted by Gasteiger charge is -2.35. The van der Waals surface area contributed by atoms with E-state index in [9.17, 15) is 4.79 Å². The van der Waals surface area contributed by atoms with Gasteiger partial charge in [0.1, 0.15) is 0 Å². The van der Waals surface area contributed by atoms with Gasteiger partial charge < -0.3 is 10.1 Å². The summed E-state index contributed by atoms with van der Waals surface area (Å²) >= 11 is 0. The van der Waals surface area contributed by atoms with Gasteiger partial charge in [0, 0.05) is 19.6 Å². The molecule has 1 N–H and O–H groups in total. The highest BCUT2D eigenvalue weighted by atomic mass is 16.6. The number of nitrogens with one attached hydrogen (secondary N) is 1. The Morgan fingerprint density at radius 3 is 2.83 bits per heavy atom. The minimum absolute atomic E-state index is 0.0680. The maximum Gasteiger partial charge on any atom is 0.410 e. The summed E-state index contributed by atoms with van der Waals surface area (Å²) in [5.74, 6) is 0. The number of rotatable bonds is 2. The number of carbonyl (C=O) groups is 1. The molecule has 4 nitrogen and oxygen atoms in total. The van der Waals surface area contributed by atoms with Gasteiger partial charge in [-0.3, -0.25) is 4.90 Å². The number of nitrogens with zero attached hydrogens (tertiary/aromatic N) is 1. The molecule has 0 bridgehead atoms. The van der Waals surface area contributed by atoms with Crippen molar-refractivity contribution in [2.75, 3.05) is 26.2 Å². The minimum Gasteiger partial charge on any atom is -0.450 e. The van der Waals surface area contributed by atoms with Crippen molar-refractivity contribution in [2.45, 2.75) is 19.9 Å². The predicted molar refractivity (Wildman–Crippen MR) is 70.5 cm³/mol. The van der Waals surface area contributed by atoms with Crippen molar-refractivity contribution in [3.63, 3.8) is 0 Å². The average Bonchev–Trinajstić information content (AvgIpc) is 2.40. The van der Waals surface area contributed by atoms with E-state index in [1.165, 1.54) is 5.56 Å². The normalized spacial score (nSPS) is 19.7. The molecule has 1 heterocycles. The molecule has 0 aliphatic carbocycles. The monoisotopic (exact) mass is 248 g/mol. The Morgan fingerprint density at radius 2 is 2.17 bits per heavy atom. The van der Waals surface area contributed by atoms with Gasteiger partial charge in [0.15, 0.2) is 0 Å². The van der Waals surface area contributed by atoms with Crippen LogP contribution < -0.4 is 5.32 Å². The van der Waals surface area contributed by atoms with E-state index in [1.54, 1.807) is 0 Å². The molecular weight excluding hydrogens is 228 g/mol. The molecule has 1 atom stereocenters. The molecular formula is C14H20N2O2. The van der Waals surface area contributed by atoms with Crippen LogP contribution in [-0.4, -0.2) is 37.2 Å². The number of piperazine rings is 1. The lowest BCUT2D eigenvalue weighted by Crippen LogP contribution is -2.48. The number of amides is 1. The number of benzene rings is 1. The van der Waals surface area contributed by atoms with Gasteiger partial charge >= 0.3 is 6.09 Å². The van der Waals surface area contributed by atoms with Crippen molar-refractivity contribution in [3.05, 3.63) is 35.4 Å². The summed E-state index contributed by atoms with van der Waals surface area (Å²) < 4.78 is 5.12. The van der Waals surface area contributed by atoms with E-state index in [1.807, 2.05) is 11.8 Å². The van der Waals surface area contributed by atoms with E-state index < -0.39 is 0 Å². The molecule has 1 fully saturated rings. The fraction of sp³-hybridized carbons (Fsp3) is 0.500. The third kappa shape index (κ3) is 2.82. The standard InChI is InChI=1S/C14H20N2O2/c1-3-18-14(17)16-9-8-15-10-13(16)12-6-4-11(2)5-7-12/h4-7,13,15H,3,8-10H2,1-2H3. The Labute approximate surface area is 108 Å². The zero-order chi connectivity index (χ0) is 13.0. The zero-order valence-corrected chi connectivity index (χ0v) is 11.0.